The first-order valence-electron chi connectivity index (χ1n) is 7.39. The standard InChI is InChI=1S/C17H16N2O5/c1-18(10-15(21)22)17(23)16-12(6-7-24-16)9-19-13-5-3-2-4-11(13)8-14(19)20/h2-7H,8-10H2,1H3,(H,21,22). The highest BCUT2D eigenvalue weighted by atomic mass is 16.4. The molecule has 24 heavy (non-hydrogen) atoms. The number of para-hydroxylation sites is 1. The SMILES string of the molecule is CN(CC(=O)O)C(=O)c1occc1CN1C(=O)Cc2ccccc21. The first-order valence-corrected chi connectivity index (χ1v) is 7.39. The molecule has 0 spiro atoms. The molecule has 0 fully saturated rings. The third kappa shape index (κ3) is 2.88. The van der Waals surface area contributed by atoms with Crippen molar-refractivity contribution in [1.29, 1.82) is 0 Å². The van der Waals surface area contributed by atoms with Gasteiger partial charge < -0.3 is 19.3 Å². The third-order valence-corrected chi connectivity index (χ3v) is 3.91. The van der Waals surface area contributed by atoms with E-state index < -0.39 is 18.4 Å². The van der Waals surface area contributed by atoms with Gasteiger partial charge in [-0.2, -0.15) is 0 Å². The second-order valence-electron chi connectivity index (χ2n) is 5.62. The molecule has 0 saturated carbocycles. The summed E-state index contributed by atoms with van der Waals surface area (Å²) in [6, 6.07) is 9.11. The Hall–Kier alpha value is -3.09. The predicted octanol–water partition coefficient (Wildman–Crippen LogP) is 1.53. The quantitative estimate of drug-likeness (QED) is 0.899. The van der Waals surface area contributed by atoms with Gasteiger partial charge in [0.25, 0.3) is 5.91 Å². The summed E-state index contributed by atoms with van der Waals surface area (Å²) in [7, 11) is 1.39. The molecule has 124 valence electrons. The van der Waals surface area contributed by atoms with Crippen LogP contribution in [0.4, 0.5) is 5.69 Å². The number of benzene rings is 1. The largest absolute Gasteiger partial charge is 0.480 e. The van der Waals surface area contributed by atoms with Gasteiger partial charge in [-0.25, -0.2) is 0 Å². The van der Waals surface area contributed by atoms with E-state index in [4.69, 9.17) is 9.52 Å². The van der Waals surface area contributed by atoms with Crippen LogP contribution in [0.2, 0.25) is 0 Å². The van der Waals surface area contributed by atoms with Gasteiger partial charge in [0.05, 0.1) is 19.2 Å². The first kappa shape index (κ1) is 15.8. The van der Waals surface area contributed by atoms with Gasteiger partial charge in [-0.1, -0.05) is 18.2 Å². The molecule has 1 N–H and O–H groups in total. The highest BCUT2D eigenvalue weighted by Gasteiger charge is 2.29. The predicted molar refractivity (Wildman–Crippen MR) is 84.6 cm³/mol. The molecule has 2 aromatic rings. The van der Waals surface area contributed by atoms with Gasteiger partial charge in [0.2, 0.25) is 5.91 Å². The van der Waals surface area contributed by atoms with Crippen LogP contribution >= 0.6 is 0 Å². The van der Waals surface area contributed by atoms with E-state index in [0.717, 1.165) is 16.2 Å². The average Bonchev–Trinajstić information content (AvgIpc) is 3.11. The Morgan fingerprint density at radius 1 is 1.29 bits per heavy atom. The zero-order valence-corrected chi connectivity index (χ0v) is 13.1. The summed E-state index contributed by atoms with van der Waals surface area (Å²) < 4.78 is 5.24. The van der Waals surface area contributed by atoms with Gasteiger partial charge in [-0.15, -0.1) is 0 Å². The van der Waals surface area contributed by atoms with Gasteiger partial charge in [0, 0.05) is 18.3 Å². The number of carbonyl (C=O) groups excluding carboxylic acids is 2. The summed E-state index contributed by atoms with van der Waals surface area (Å²) >= 11 is 0. The third-order valence-electron chi connectivity index (χ3n) is 3.91. The minimum absolute atomic E-state index is 0.0466. The summed E-state index contributed by atoms with van der Waals surface area (Å²) in [5, 5.41) is 8.80. The van der Waals surface area contributed by atoms with E-state index in [0.29, 0.717) is 12.0 Å². The number of nitrogens with zero attached hydrogens (tertiary/aromatic N) is 2. The summed E-state index contributed by atoms with van der Waals surface area (Å²) in [6.45, 7) is -0.223. The lowest BCUT2D eigenvalue weighted by Gasteiger charge is -2.18. The second-order valence-corrected chi connectivity index (χ2v) is 5.62. The molecule has 7 nitrogen and oxygen atoms in total. The molecule has 1 aliphatic rings. The van der Waals surface area contributed by atoms with Gasteiger partial charge in [0.1, 0.15) is 6.54 Å². The number of anilines is 1. The number of aliphatic carboxylic acids is 1. The molecule has 1 aliphatic heterocycles. The minimum atomic E-state index is -1.11. The van der Waals surface area contributed by atoms with E-state index in [1.54, 1.807) is 11.0 Å². The lowest BCUT2D eigenvalue weighted by molar-refractivity contribution is -0.137. The van der Waals surface area contributed by atoms with Crippen molar-refractivity contribution in [2.45, 2.75) is 13.0 Å². The van der Waals surface area contributed by atoms with Crippen LogP contribution < -0.4 is 4.90 Å². The summed E-state index contributed by atoms with van der Waals surface area (Å²) in [5.74, 6) is -1.63. The number of hydrogen-bond acceptors (Lipinski definition) is 4. The monoisotopic (exact) mass is 328 g/mol. The molecule has 0 saturated heterocycles. The van der Waals surface area contributed by atoms with Crippen LogP contribution in [0.15, 0.2) is 41.0 Å². The van der Waals surface area contributed by atoms with E-state index in [1.807, 2.05) is 24.3 Å². The summed E-state index contributed by atoms with van der Waals surface area (Å²) in [5.41, 5.74) is 2.31. The normalized spacial score (nSPS) is 13.0. The van der Waals surface area contributed by atoms with E-state index >= 15 is 0 Å². The maximum atomic E-state index is 12.3. The zero-order chi connectivity index (χ0) is 17.3. The maximum Gasteiger partial charge on any atom is 0.323 e. The van der Waals surface area contributed by atoms with Crippen molar-refractivity contribution in [2.75, 3.05) is 18.5 Å². The smallest absolute Gasteiger partial charge is 0.323 e. The van der Waals surface area contributed by atoms with Crippen LogP contribution in [0.3, 0.4) is 0 Å². The number of carboxylic acid groups (broad SMARTS) is 1. The van der Waals surface area contributed by atoms with Crippen molar-refractivity contribution >= 4 is 23.5 Å². The number of amides is 2. The molecule has 2 amide bonds. The highest BCUT2D eigenvalue weighted by molar-refractivity contribution is 6.02. The average molecular weight is 328 g/mol. The van der Waals surface area contributed by atoms with Gasteiger partial charge in [-0.05, 0) is 17.7 Å². The molecule has 2 heterocycles. The maximum absolute atomic E-state index is 12.3. The topological polar surface area (TPSA) is 91.1 Å². The lowest BCUT2D eigenvalue weighted by Crippen LogP contribution is -2.33. The number of likely N-dealkylation sites (N-methyl/N-ethyl adjacent to an activating group) is 1. The number of hydrogen-bond donors (Lipinski definition) is 1. The fourth-order valence-corrected chi connectivity index (χ4v) is 2.76. The van der Waals surface area contributed by atoms with Gasteiger partial charge in [0.15, 0.2) is 5.76 Å². The van der Waals surface area contributed by atoms with E-state index in [-0.39, 0.29) is 18.2 Å². The molecule has 1 aromatic heterocycles. The van der Waals surface area contributed by atoms with E-state index in [9.17, 15) is 14.4 Å². The molecular formula is C17H16N2O5. The summed E-state index contributed by atoms with van der Waals surface area (Å²) in [6.07, 6.45) is 1.69. The number of furan rings is 1. The second kappa shape index (κ2) is 6.19. The van der Waals surface area contributed by atoms with Gasteiger partial charge >= 0.3 is 5.97 Å². The first-order chi connectivity index (χ1) is 11.5. The molecule has 0 bridgehead atoms. The van der Waals surface area contributed by atoms with Crippen LogP contribution in [-0.4, -0.2) is 41.4 Å². The Bertz CT molecular complexity index is 811. The fourth-order valence-electron chi connectivity index (χ4n) is 2.76. The molecular weight excluding hydrogens is 312 g/mol. The lowest BCUT2D eigenvalue weighted by atomic mass is 10.1. The van der Waals surface area contributed by atoms with Crippen molar-refractivity contribution in [1.82, 2.24) is 4.90 Å². The number of carbonyl (C=O) groups is 3. The molecule has 0 atom stereocenters. The van der Waals surface area contributed by atoms with Crippen molar-refractivity contribution in [2.24, 2.45) is 0 Å². The Labute approximate surface area is 138 Å². The Kier molecular flexibility index (Phi) is 4.07. The zero-order valence-electron chi connectivity index (χ0n) is 13.1. The van der Waals surface area contributed by atoms with Crippen molar-refractivity contribution < 1.29 is 23.9 Å². The number of rotatable bonds is 5. The number of carboxylic acids is 1. The highest BCUT2D eigenvalue weighted by Crippen LogP contribution is 2.30. The fraction of sp³-hybridized carbons (Fsp3) is 0.235. The van der Waals surface area contributed by atoms with Crippen molar-refractivity contribution in [3.63, 3.8) is 0 Å². The van der Waals surface area contributed by atoms with Gasteiger partial charge in [-0.3, -0.25) is 14.4 Å². The molecule has 1 aromatic carbocycles. The summed E-state index contributed by atoms with van der Waals surface area (Å²) in [4.78, 5) is 38.0. The Morgan fingerprint density at radius 2 is 2.04 bits per heavy atom. The molecule has 0 unspecified atom stereocenters. The van der Waals surface area contributed by atoms with Crippen molar-refractivity contribution in [3.8, 4) is 0 Å². The van der Waals surface area contributed by atoms with E-state index in [2.05, 4.69) is 0 Å². The van der Waals surface area contributed by atoms with Crippen LogP contribution in [0, 0.1) is 0 Å². The van der Waals surface area contributed by atoms with Crippen molar-refractivity contribution in [3.05, 3.63) is 53.5 Å². The molecule has 3 rings (SSSR count). The Balaban J connectivity index is 1.83. The minimum Gasteiger partial charge on any atom is -0.480 e. The van der Waals surface area contributed by atoms with E-state index in [1.165, 1.54) is 13.3 Å². The molecule has 0 radical (unpaired) electrons. The van der Waals surface area contributed by atoms with Crippen LogP contribution in [0.5, 0.6) is 0 Å². The Morgan fingerprint density at radius 3 is 2.79 bits per heavy atom. The number of fused-ring (bicyclic) bond motifs is 1. The van der Waals surface area contributed by atoms with Crippen LogP contribution in [0.25, 0.3) is 0 Å². The van der Waals surface area contributed by atoms with Crippen LogP contribution in [0.1, 0.15) is 21.7 Å². The molecule has 7 heteroatoms. The molecule has 0 aliphatic carbocycles. The van der Waals surface area contributed by atoms with Crippen LogP contribution in [-0.2, 0) is 22.6 Å².